The molecule has 2 aromatic carbocycles. The van der Waals surface area contributed by atoms with Gasteiger partial charge in [-0.3, -0.25) is 0 Å². The molecule has 1 N–H and O–H groups in total. The van der Waals surface area contributed by atoms with Crippen molar-refractivity contribution in [3.63, 3.8) is 0 Å². The minimum Gasteiger partial charge on any atom is -0.311 e. The lowest BCUT2D eigenvalue weighted by Crippen LogP contribution is -2.30. The van der Waals surface area contributed by atoms with Gasteiger partial charge in [0.1, 0.15) is 0 Å². The summed E-state index contributed by atoms with van der Waals surface area (Å²) in [5.41, 5.74) is 2.68. The number of benzene rings is 2. The van der Waals surface area contributed by atoms with E-state index in [9.17, 15) is 0 Å². The number of nitrogens with zero attached hydrogens (tertiary/aromatic N) is 1. The van der Waals surface area contributed by atoms with Gasteiger partial charge >= 0.3 is 0 Å². The quantitative estimate of drug-likeness (QED) is 0.852. The molecule has 0 heterocycles. The van der Waals surface area contributed by atoms with E-state index in [0.717, 1.165) is 13.1 Å². The van der Waals surface area contributed by atoms with Crippen LogP contribution in [0.1, 0.15) is 17.2 Å². The van der Waals surface area contributed by atoms with Gasteiger partial charge in [-0.2, -0.15) is 0 Å². The van der Waals surface area contributed by atoms with E-state index in [0.29, 0.717) is 6.04 Å². The summed E-state index contributed by atoms with van der Waals surface area (Å²) in [6.07, 6.45) is 0. The fraction of sp³-hybridized carbons (Fsp3) is 0.294. The maximum absolute atomic E-state index is 3.54. The van der Waals surface area contributed by atoms with Crippen LogP contribution in [0.2, 0.25) is 0 Å². The van der Waals surface area contributed by atoms with Crippen LogP contribution in [0.25, 0.3) is 0 Å². The van der Waals surface area contributed by atoms with E-state index in [1.54, 1.807) is 0 Å². The zero-order valence-electron chi connectivity index (χ0n) is 11.7. The Morgan fingerprint density at radius 3 is 2.05 bits per heavy atom. The molecule has 0 aliphatic carbocycles. The maximum Gasteiger partial charge on any atom is 0.0466 e. The van der Waals surface area contributed by atoms with Crippen molar-refractivity contribution in [3.05, 3.63) is 71.8 Å². The maximum atomic E-state index is 3.54. The highest BCUT2D eigenvalue weighted by Gasteiger charge is 2.12. The summed E-state index contributed by atoms with van der Waals surface area (Å²) in [5, 5.41) is 3.54. The van der Waals surface area contributed by atoms with E-state index in [1.165, 1.54) is 11.1 Å². The normalized spacial score (nSPS) is 12.6. The molecule has 19 heavy (non-hydrogen) atoms. The molecule has 0 radical (unpaired) electrons. The van der Waals surface area contributed by atoms with Gasteiger partial charge in [-0.05, 0) is 25.2 Å². The first-order chi connectivity index (χ1) is 9.27. The van der Waals surface area contributed by atoms with Crippen LogP contribution in [-0.2, 0) is 6.54 Å². The highest BCUT2D eigenvalue weighted by molar-refractivity contribution is 5.19. The first kappa shape index (κ1) is 13.8. The van der Waals surface area contributed by atoms with Crippen LogP contribution in [0.5, 0.6) is 0 Å². The predicted molar refractivity (Wildman–Crippen MR) is 81.0 cm³/mol. The Morgan fingerprint density at radius 2 is 1.47 bits per heavy atom. The van der Waals surface area contributed by atoms with Crippen LogP contribution in [0.4, 0.5) is 0 Å². The molecule has 0 saturated carbocycles. The Morgan fingerprint density at radius 1 is 0.895 bits per heavy atom. The molecule has 0 saturated heterocycles. The van der Waals surface area contributed by atoms with Gasteiger partial charge in [-0.1, -0.05) is 60.7 Å². The summed E-state index contributed by atoms with van der Waals surface area (Å²) in [6, 6.07) is 21.6. The third kappa shape index (κ3) is 4.19. The number of nitrogens with one attached hydrogen (secondary N) is 1. The van der Waals surface area contributed by atoms with Gasteiger partial charge in [-0.15, -0.1) is 0 Å². The van der Waals surface area contributed by atoms with Crippen LogP contribution < -0.4 is 5.32 Å². The van der Waals surface area contributed by atoms with Crippen LogP contribution >= 0.6 is 0 Å². The topological polar surface area (TPSA) is 15.3 Å². The van der Waals surface area contributed by atoms with Crippen molar-refractivity contribution in [1.29, 1.82) is 0 Å². The summed E-state index contributed by atoms with van der Waals surface area (Å²) < 4.78 is 0. The molecule has 1 unspecified atom stereocenters. The molecule has 0 aromatic heterocycles. The van der Waals surface area contributed by atoms with Gasteiger partial charge in [-0.25, -0.2) is 0 Å². The first-order valence-electron chi connectivity index (χ1n) is 6.73. The van der Waals surface area contributed by atoms with Crippen LogP contribution in [0.3, 0.4) is 0 Å². The minimum absolute atomic E-state index is 0.407. The number of likely N-dealkylation sites (N-methyl/N-ethyl adjacent to an activating group) is 1. The molecule has 0 spiro atoms. The minimum atomic E-state index is 0.407. The van der Waals surface area contributed by atoms with E-state index in [1.807, 2.05) is 0 Å². The molecule has 0 aliphatic heterocycles. The second-order valence-electron chi connectivity index (χ2n) is 5.01. The molecule has 0 aliphatic rings. The van der Waals surface area contributed by atoms with Crippen LogP contribution in [0.15, 0.2) is 60.7 Å². The Kier molecular flexibility index (Phi) is 5.13. The molecular formula is C17H22N2. The van der Waals surface area contributed by atoms with Crippen molar-refractivity contribution >= 4 is 0 Å². The van der Waals surface area contributed by atoms with E-state index < -0.39 is 0 Å². The molecule has 2 rings (SSSR count). The summed E-state index contributed by atoms with van der Waals surface area (Å²) in [5.74, 6) is 0. The molecule has 2 heteroatoms. The smallest absolute Gasteiger partial charge is 0.0466 e. The van der Waals surface area contributed by atoms with Gasteiger partial charge in [0.2, 0.25) is 0 Å². The Labute approximate surface area is 116 Å². The highest BCUT2D eigenvalue weighted by atomic mass is 15.1. The lowest BCUT2D eigenvalue weighted by molar-refractivity contribution is 0.288. The summed E-state index contributed by atoms with van der Waals surface area (Å²) in [6.45, 7) is 1.87. The van der Waals surface area contributed by atoms with Gasteiger partial charge in [0.05, 0.1) is 0 Å². The third-order valence-corrected chi connectivity index (χ3v) is 3.32. The monoisotopic (exact) mass is 254 g/mol. The molecule has 100 valence electrons. The SMILES string of the molecule is CN(C)C(CNCc1ccccc1)c1ccccc1. The van der Waals surface area contributed by atoms with Gasteiger partial charge < -0.3 is 10.2 Å². The van der Waals surface area contributed by atoms with Crippen molar-refractivity contribution in [1.82, 2.24) is 10.2 Å². The van der Waals surface area contributed by atoms with Crippen molar-refractivity contribution < 1.29 is 0 Å². The van der Waals surface area contributed by atoms with Crippen LogP contribution in [-0.4, -0.2) is 25.5 Å². The average molecular weight is 254 g/mol. The molecule has 0 fully saturated rings. The first-order valence-corrected chi connectivity index (χ1v) is 6.73. The van der Waals surface area contributed by atoms with Gasteiger partial charge in [0, 0.05) is 19.1 Å². The lowest BCUT2D eigenvalue weighted by atomic mass is 10.1. The van der Waals surface area contributed by atoms with E-state index in [-0.39, 0.29) is 0 Å². The van der Waals surface area contributed by atoms with Crippen LogP contribution in [0, 0.1) is 0 Å². The molecule has 2 aromatic rings. The number of rotatable bonds is 6. The predicted octanol–water partition coefficient (Wildman–Crippen LogP) is 3.08. The molecule has 0 bridgehead atoms. The third-order valence-electron chi connectivity index (χ3n) is 3.32. The Hall–Kier alpha value is -1.64. The molecule has 0 amide bonds. The van der Waals surface area contributed by atoms with Gasteiger partial charge in [0.25, 0.3) is 0 Å². The second kappa shape index (κ2) is 7.07. The second-order valence-corrected chi connectivity index (χ2v) is 5.01. The van der Waals surface area contributed by atoms with E-state index in [2.05, 4.69) is 85.0 Å². The molecular weight excluding hydrogens is 232 g/mol. The van der Waals surface area contributed by atoms with Crippen molar-refractivity contribution in [2.75, 3.05) is 20.6 Å². The Balaban J connectivity index is 1.92. The Bertz CT molecular complexity index is 465. The zero-order chi connectivity index (χ0) is 13.5. The largest absolute Gasteiger partial charge is 0.311 e. The number of hydrogen-bond acceptors (Lipinski definition) is 2. The summed E-state index contributed by atoms with van der Waals surface area (Å²) in [4.78, 5) is 2.26. The van der Waals surface area contributed by atoms with Gasteiger partial charge in [0.15, 0.2) is 0 Å². The summed E-state index contributed by atoms with van der Waals surface area (Å²) in [7, 11) is 4.25. The van der Waals surface area contributed by atoms with Crippen molar-refractivity contribution in [2.24, 2.45) is 0 Å². The number of hydrogen-bond donors (Lipinski definition) is 1. The summed E-state index contributed by atoms with van der Waals surface area (Å²) >= 11 is 0. The average Bonchev–Trinajstić information content (AvgIpc) is 2.45. The van der Waals surface area contributed by atoms with Crippen molar-refractivity contribution in [2.45, 2.75) is 12.6 Å². The van der Waals surface area contributed by atoms with E-state index in [4.69, 9.17) is 0 Å². The lowest BCUT2D eigenvalue weighted by Gasteiger charge is -2.25. The zero-order valence-corrected chi connectivity index (χ0v) is 11.7. The fourth-order valence-corrected chi connectivity index (χ4v) is 2.22. The standard InChI is InChI=1S/C17H22N2/c1-19(2)17(16-11-7-4-8-12-16)14-18-13-15-9-5-3-6-10-15/h3-12,17-18H,13-14H2,1-2H3. The highest BCUT2D eigenvalue weighted by Crippen LogP contribution is 2.16. The molecule has 1 atom stereocenters. The molecule has 2 nitrogen and oxygen atoms in total. The van der Waals surface area contributed by atoms with E-state index >= 15 is 0 Å². The van der Waals surface area contributed by atoms with Crippen molar-refractivity contribution in [3.8, 4) is 0 Å². The fourth-order valence-electron chi connectivity index (χ4n) is 2.22.